The van der Waals surface area contributed by atoms with Crippen molar-refractivity contribution in [2.24, 2.45) is 0 Å². The van der Waals surface area contributed by atoms with E-state index < -0.39 is 0 Å². The minimum Gasteiger partial charge on any atom is -0.378 e. The molecule has 0 unspecified atom stereocenters. The van der Waals surface area contributed by atoms with Crippen molar-refractivity contribution < 1.29 is 0 Å². The third kappa shape index (κ3) is 3.67. The minimum absolute atomic E-state index is 0.638. The molecule has 0 saturated heterocycles. The number of benzene rings is 1. The van der Waals surface area contributed by atoms with Gasteiger partial charge in [0.1, 0.15) is 0 Å². The highest BCUT2D eigenvalue weighted by molar-refractivity contribution is 9.10. The second-order valence-electron chi connectivity index (χ2n) is 4.58. The number of hydrogen-bond donors (Lipinski definition) is 1. The Morgan fingerprint density at radius 1 is 1.21 bits per heavy atom. The molecule has 1 N–H and O–H groups in total. The Labute approximate surface area is 122 Å². The van der Waals surface area contributed by atoms with E-state index in [2.05, 4.69) is 61.2 Å². The Morgan fingerprint density at radius 2 is 1.89 bits per heavy atom. The lowest BCUT2D eigenvalue weighted by atomic mass is 10.1. The van der Waals surface area contributed by atoms with Gasteiger partial charge in [0.15, 0.2) is 0 Å². The summed E-state index contributed by atoms with van der Waals surface area (Å²) in [6.07, 6.45) is 3.47. The monoisotopic (exact) mass is 320 g/mol. The third-order valence-corrected chi connectivity index (χ3v) is 3.31. The molecule has 0 aliphatic rings. The fourth-order valence-electron chi connectivity index (χ4n) is 1.73. The van der Waals surface area contributed by atoms with Crippen LogP contribution in [-0.2, 0) is 6.54 Å². The lowest BCUT2D eigenvalue weighted by Gasteiger charge is -2.15. The summed E-state index contributed by atoms with van der Waals surface area (Å²) >= 11 is 3.32. The van der Waals surface area contributed by atoms with E-state index in [9.17, 15) is 0 Å². The van der Waals surface area contributed by atoms with Gasteiger partial charge in [-0.3, -0.25) is 0 Å². The number of halogens is 1. The second kappa shape index (κ2) is 6.02. The summed E-state index contributed by atoms with van der Waals surface area (Å²) in [5, 5.41) is 3.22. The molecule has 4 nitrogen and oxygen atoms in total. The summed E-state index contributed by atoms with van der Waals surface area (Å²) < 4.78 is 0.879. The quantitative estimate of drug-likeness (QED) is 0.939. The van der Waals surface area contributed by atoms with Crippen molar-refractivity contribution in [3.8, 4) is 0 Å². The van der Waals surface area contributed by atoms with Crippen molar-refractivity contribution >= 4 is 27.6 Å². The van der Waals surface area contributed by atoms with Crippen molar-refractivity contribution in [2.75, 3.05) is 24.3 Å². The van der Waals surface area contributed by atoms with Gasteiger partial charge in [-0.25, -0.2) is 9.97 Å². The fourth-order valence-corrected chi connectivity index (χ4v) is 1.94. The Kier molecular flexibility index (Phi) is 4.37. The van der Waals surface area contributed by atoms with Crippen molar-refractivity contribution in [2.45, 2.75) is 13.5 Å². The number of nitrogens with zero attached hydrogens (tertiary/aromatic N) is 3. The van der Waals surface area contributed by atoms with E-state index in [0.29, 0.717) is 5.95 Å². The average Bonchev–Trinajstić information content (AvgIpc) is 2.39. The first-order valence-corrected chi connectivity index (χ1v) is 6.84. The van der Waals surface area contributed by atoms with Gasteiger partial charge < -0.3 is 10.2 Å². The lowest BCUT2D eigenvalue weighted by Crippen LogP contribution is -2.10. The molecule has 0 saturated carbocycles. The number of nitrogens with one attached hydrogen (secondary N) is 1. The Bertz CT molecular complexity index is 552. The summed E-state index contributed by atoms with van der Waals surface area (Å²) in [5.41, 5.74) is 3.72. The Balaban J connectivity index is 2.05. The van der Waals surface area contributed by atoms with Gasteiger partial charge in [0.25, 0.3) is 0 Å². The molecule has 1 aromatic heterocycles. The van der Waals surface area contributed by atoms with Crippen molar-refractivity contribution in [1.29, 1.82) is 0 Å². The predicted molar refractivity (Wildman–Crippen MR) is 82.6 cm³/mol. The third-order valence-electron chi connectivity index (χ3n) is 2.90. The second-order valence-corrected chi connectivity index (χ2v) is 5.50. The van der Waals surface area contributed by atoms with Crippen molar-refractivity contribution in [3.05, 3.63) is 46.2 Å². The van der Waals surface area contributed by atoms with Crippen LogP contribution in [0.3, 0.4) is 0 Å². The number of rotatable bonds is 4. The molecule has 2 aromatic rings. The first kappa shape index (κ1) is 13.8. The molecular weight excluding hydrogens is 304 g/mol. The average molecular weight is 321 g/mol. The van der Waals surface area contributed by atoms with Crippen LogP contribution in [0.15, 0.2) is 35.1 Å². The van der Waals surface area contributed by atoms with Gasteiger partial charge in [-0.05, 0) is 46.1 Å². The number of aryl methyl sites for hydroxylation is 1. The van der Waals surface area contributed by atoms with Crippen molar-refractivity contribution in [3.63, 3.8) is 0 Å². The Hall–Kier alpha value is -1.62. The van der Waals surface area contributed by atoms with E-state index in [0.717, 1.165) is 11.0 Å². The van der Waals surface area contributed by atoms with Crippen molar-refractivity contribution in [1.82, 2.24) is 9.97 Å². The Morgan fingerprint density at radius 3 is 2.47 bits per heavy atom. The van der Waals surface area contributed by atoms with Gasteiger partial charge in [-0.1, -0.05) is 6.07 Å². The summed E-state index contributed by atoms with van der Waals surface area (Å²) in [6.45, 7) is 2.84. The molecule has 2 rings (SSSR count). The van der Waals surface area contributed by atoms with E-state index in [-0.39, 0.29) is 0 Å². The number of aromatic nitrogens is 2. The van der Waals surface area contributed by atoms with E-state index >= 15 is 0 Å². The molecule has 0 aliphatic carbocycles. The predicted octanol–water partition coefficient (Wildman–Crippen LogP) is 3.23. The first-order chi connectivity index (χ1) is 9.06. The minimum atomic E-state index is 0.638. The van der Waals surface area contributed by atoms with Crippen LogP contribution in [-0.4, -0.2) is 24.1 Å². The molecule has 0 fully saturated rings. The topological polar surface area (TPSA) is 41.0 Å². The van der Waals surface area contributed by atoms with Crippen LogP contribution in [0.2, 0.25) is 0 Å². The zero-order valence-corrected chi connectivity index (χ0v) is 12.9. The molecule has 0 atom stereocenters. The van der Waals surface area contributed by atoms with Gasteiger partial charge in [-0.15, -0.1) is 0 Å². The zero-order valence-electron chi connectivity index (χ0n) is 11.3. The van der Waals surface area contributed by atoms with Crippen LogP contribution in [0.4, 0.5) is 11.6 Å². The molecule has 1 aromatic carbocycles. The fraction of sp³-hybridized carbons (Fsp3) is 0.286. The summed E-state index contributed by atoms with van der Waals surface area (Å²) in [6, 6.07) is 6.43. The molecule has 1 heterocycles. The zero-order chi connectivity index (χ0) is 13.8. The molecule has 0 bridgehead atoms. The van der Waals surface area contributed by atoms with Gasteiger partial charge in [0.2, 0.25) is 5.95 Å². The molecule has 0 aliphatic heterocycles. The maximum Gasteiger partial charge on any atom is 0.222 e. The van der Waals surface area contributed by atoms with Crippen LogP contribution in [0.25, 0.3) is 0 Å². The highest BCUT2D eigenvalue weighted by Gasteiger charge is 2.02. The summed E-state index contributed by atoms with van der Waals surface area (Å²) in [4.78, 5) is 10.5. The van der Waals surface area contributed by atoms with Crippen LogP contribution in [0.1, 0.15) is 11.1 Å². The first-order valence-electron chi connectivity index (χ1n) is 6.04. The van der Waals surface area contributed by atoms with Gasteiger partial charge >= 0.3 is 0 Å². The standard InChI is InChI=1S/C14H17BrN4/c1-10-6-13(19(2)3)5-4-11(10)7-16-14-17-8-12(15)9-18-14/h4-6,8-9H,7H2,1-3H3,(H,16,17,18). The SMILES string of the molecule is Cc1cc(N(C)C)ccc1CNc1ncc(Br)cn1. The molecule has 5 heteroatoms. The molecule has 0 spiro atoms. The largest absolute Gasteiger partial charge is 0.378 e. The normalized spacial score (nSPS) is 10.3. The van der Waals surface area contributed by atoms with Crippen LogP contribution < -0.4 is 10.2 Å². The van der Waals surface area contributed by atoms with E-state index in [1.165, 1.54) is 16.8 Å². The van der Waals surface area contributed by atoms with E-state index in [4.69, 9.17) is 0 Å². The van der Waals surface area contributed by atoms with Crippen LogP contribution >= 0.6 is 15.9 Å². The lowest BCUT2D eigenvalue weighted by molar-refractivity contribution is 1.03. The molecule has 100 valence electrons. The van der Waals surface area contributed by atoms with Crippen LogP contribution in [0.5, 0.6) is 0 Å². The number of hydrogen-bond acceptors (Lipinski definition) is 4. The summed E-state index contributed by atoms with van der Waals surface area (Å²) in [7, 11) is 4.09. The van der Waals surface area contributed by atoms with Gasteiger partial charge in [-0.2, -0.15) is 0 Å². The molecule has 19 heavy (non-hydrogen) atoms. The molecule has 0 radical (unpaired) electrons. The summed E-state index contributed by atoms with van der Waals surface area (Å²) in [5.74, 6) is 0.638. The smallest absolute Gasteiger partial charge is 0.222 e. The van der Waals surface area contributed by atoms with E-state index in [1.54, 1.807) is 12.4 Å². The highest BCUT2D eigenvalue weighted by atomic mass is 79.9. The van der Waals surface area contributed by atoms with Crippen LogP contribution in [0, 0.1) is 6.92 Å². The highest BCUT2D eigenvalue weighted by Crippen LogP contribution is 2.18. The maximum absolute atomic E-state index is 4.19. The number of anilines is 2. The maximum atomic E-state index is 4.19. The van der Waals surface area contributed by atoms with Gasteiger partial charge in [0.05, 0.1) is 4.47 Å². The molecule has 0 amide bonds. The molecular formula is C14H17BrN4. The van der Waals surface area contributed by atoms with E-state index in [1.807, 2.05) is 14.1 Å². The van der Waals surface area contributed by atoms with Gasteiger partial charge in [0, 0.05) is 38.7 Å².